The zero-order valence-corrected chi connectivity index (χ0v) is 6.88. The van der Waals surface area contributed by atoms with Crippen LogP contribution in [0.15, 0.2) is 18.3 Å². The maximum absolute atomic E-state index is 11.0. The number of carbonyl (C=O) groups excluding carboxylic acids is 1. The van der Waals surface area contributed by atoms with E-state index in [0.717, 1.165) is 0 Å². The summed E-state index contributed by atoms with van der Waals surface area (Å²) < 4.78 is 0. The van der Waals surface area contributed by atoms with Crippen LogP contribution in [0.1, 0.15) is 16.1 Å². The van der Waals surface area contributed by atoms with E-state index < -0.39 is 0 Å². The normalized spacial score (nSPS) is 9.00. The minimum atomic E-state index is -0.199. The topological polar surface area (TPSA) is 53.8 Å². The Labute approximate surface area is 74.6 Å². The van der Waals surface area contributed by atoms with Crippen molar-refractivity contribution in [1.82, 2.24) is 4.98 Å². The molecule has 0 atom stereocenters. The molecule has 0 saturated carbocycles. The quantitative estimate of drug-likeness (QED) is 0.510. The number of alkyl halides is 1. The van der Waals surface area contributed by atoms with Crippen molar-refractivity contribution in [2.24, 2.45) is 0 Å². The summed E-state index contributed by atoms with van der Waals surface area (Å²) in [6.45, 7) is 0. The zero-order valence-electron chi connectivity index (χ0n) is 6.12. The molecule has 1 aromatic rings. The van der Waals surface area contributed by atoms with Gasteiger partial charge in [0.1, 0.15) is 11.8 Å². The molecular weight excluding hydrogens is 176 g/mol. The lowest BCUT2D eigenvalue weighted by Gasteiger charge is -1.94. The number of carbonyl (C=O) groups is 1. The van der Waals surface area contributed by atoms with E-state index in [2.05, 4.69) is 4.98 Å². The molecule has 0 N–H and O–H groups in total. The van der Waals surface area contributed by atoms with Crippen LogP contribution in [0, 0.1) is 11.3 Å². The Balaban J connectivity index is 3.04. The molecule has 0 aromatic carbocycles. The van der Waals surface area contributed by atoms with E-state index >= 15 is 0 Å². The molecule has 12 heavy (non-hydrogen) atoms. The van der Waals surface area contributed by atoms with E-state index in [1.165, 1.54) is 18.3 Å². The molecule has 0 unspecified atom stereocenters. The first-order valence-electron chi connectivity index (χ1n) is 3.23. The van der Waals surface area contributed by atoms with Gasteiger partial charge in [-0.1, -0.05) is 0 Å². The SMILES string of the molecule is N#Cc1cc(C(=O)CCl)ccn1. The van der Waals surface area contributed by atoms with Gasteiger partial charge >= 0.3 is 0 Å². The Kier molecular flexibility index (Phi) is 2.78. The monoisotopic (exact) mass is 180 g/mol. The van der Waals surface area contributed by atoms with Gasteiger partial charge in [0.2, 0.25) is 0 Å². The molecule has 60 valence electrons. The van der Waals surface area contributed by atoms with Gasteiger partial charge in [-0.3, -0.25) is 4.79 Å². The first-order chi connectivity index (χ1) is 5.77. The predicted molar refractivity (Wildman–Crippen MR) is 44.0 cm³/mol. The molecule has 1 aromatic heterocycles. The van der Waals surface area contributed by atoms with Crippen molar-refractivity contribution in [3.05, 3.63) is 29.6 Å². The smallest absolute Gasteiger partial charge is 0.177 e. The largest absolute Gasteiger partial charge is 0.293 e. The van der Waals surface area contributed by atoms with Crippen molar-refractivity contribution >= 4 is 17.4 Å². The van der Waals surface area contributed by atoms with E-state index in [9.17, 15) is 4.79 Å². The second-order valence-corrected chi connectivity index (χ2v) is 2.37. The highest BCUT2D eigenvalue weighted by atomic mass is 35.5. The summed E-state index contributed by atoms with van der Waals surface area (Å²) in [7, 11) is 0. The first-order valence-corrected chi connectivity index (χ1v) is 3.76. The highest BCUT2D eigenvalue weighted by Gasteiger charge is 2.04. The maximum atomic E-state index is 11.0. The molecule has 0 saturated heterocycles. The van der Waals surface area contributed by atoms with E-state index in [1.54, 1.807) is 0 Å². The second-order valence-electron chi connectivity index (χ2n) is 2.10. The summed E-state index contributed by atoms with van der Waals surface area (Å²) in [6, 6.07) is 4.79. The summed E-state index contributed by atoms with van der Waals surface area (Å²) in [4.78, 5) is 14.7. The molecule has 0 amide bonds. The van der Waals surface area contributed by atoms with Gasteiger partial charge in [0.25, 0.3) is 0 Å². The first kappa shape index (κ1) is 8.69. The van der Waals surface area contributed by atoms with Gasteiger partial charge in [-0.25, -0.2) is 4.98 Å². The number of nitrogens with zero attached hydrogens (tertiary/aromatic N) is 2. The lowest BCUT2D eigenvalue weighted by Crippen LogP contribution is -2.00. The third kappa shape index (κ3) is 1.80. The number of hydrogen-bond acceptors (Lipinski definition) is 3. The summed E-state index contributed by atoms with van der Waals surface area (Å²) in [6.07, 6.45) is 1.42. The Morgan fingerprint density at radius 1 is 1.75 bits per heavy atom. The minimum Gasteiger partial charge on any atom is -0.293 e. The van der Waals surface area contributed by atoms with Crippen molar-refractivity contribution in [2.75, 3.05) is 5.88 Å². The van der Waals surface area contributed by atoms with Crippen molar-refractivity contribution in [1.29, 1.82) is 5.26 Å². The second kappa shape index (κ2) is 3.84. The van der Waals surface area contributed by atoms with Gasteiger partial charge in [0.05, 0.1) is 5.88 Å². The van der Waals surface area contributed by atoms with Crippen molar-refractivity contribution in [3.8, 4) is 6.07 Å². The van der Waals surface area contributed by atoms with Crippen molar-refractivity contribution in [2.45, 2.75) is 0 Å². The lowest BCUT2D eigenvalue weighted by atomic mass is 10.2. The molecule has 0 spiro atoms. The van der Waals surface area contributed by atoms with Gasteiger partial charge < -0.3 is 0 Å². The van der Waals surface area contributed by atoms with Crippen LogP contribution >= 0.6 is 11.6 Å². The molecular formula is C8H5ClN2O. The zero-order chi connectivity index (χ0) is 8.97. The van der Waals surface area contributed by atoms with Crippen molar-refractivity contribution in [3.63, 3.8) is 0 Å². The summed E-state index contributed by atoms with van der Waals surface area (Å²) in [5.41, 5.74) is 0.655. The van der Waals surface area contributed by atoms with Crippen molar-refractivity contribution < 1.29 is 4.79 Å². The molecule has 3 nitrogen and oxygen atoms in total. The average Bonchev–Trinajstić information content (AvgIpc) is 2.17. The molecule has 0 aliphatic carbocycles. The molecule has 0 bridgehead atoms. The summed E-state index contributed by atoms with van der Waals surface area (Å²) >= 11 is 5.33. The van der Waals surface area contributed by atoms with Crippen LogP contribution in [-0.2, 0) is 0 Å². The Morgan fingerprint density at radius 3 is 3.08 bits per heavy atom. The van der Waals surface area contributed by atoms with Gasteiger partial charge in [-0.2, -0.15) is 5.26 Å². The van der Waals surface area contributed by atoms with E-state index in [4.69, 9.17) is 16.9 Å². The molecule has 1 rings (SSSR count). The van der Waals surface area contributed by atoms with Crippen LogP contribution < -0.4 is 0 Å². The van der Waals surface area contributed by atoms with Crippen LogP contribution in [0.4, 0.5) is 0 Å². The fourth-order valence-corrected chi connectivity index (χ4v) is 0.897. The Hall–Kier alpha value is -1.40. The van der Waals surface area contributed by atoms with Gasteiger partial charge in [0, 0.05) is 11.8 Å². The van der Waals surface area contributed by atoms with Crippen LogP contribution in [0.25, 0.3) is 0 Å². The number of aromatic nitrogens is 1. The van der Waals surface area contributed by atoms with Crippen LogP contribution in [0.5, 0.6) is 0 Å². The highest BCUT2D eigenvalue weighted by molar-refractivity contribution is 6.30. The third-order valence-electron chi connectivity index (χ3n) is 1.32. The third-order valence-corrected chi connectivity index (χ3v) is 1.56. The Morgan fingerprint density at radius 2 is 2.50 bits per heavy atom. The predicted octanol–water partition coefficient (Wildman–Crippen LogP) is 1.37. The number of ketones is 1. The molecule has 0 radical (unpaired) electrons. The summed E-state index contributed by atoms with van der Waals surface area (Å²) in [5, 5.41) is 8.46. The number of nitriles is 1. The lowest BCUT2D eigenvalue weighted by molar-refractivity contribution is 0.102. The van der Waals surface area contributed by atoms with E-state index in [-0.39, 0.29) is 17.4 Å². The fourth-order valence-electron chi connectivity index (χ4n) is 0.742. The molecule has 4 heteroatoms. The fraction of sp³-hybridized carbons (Fsp3) is 0.125. The molecule has 0 aliphatic heterocycles. The molecule has 0 fully saturated rings. The average molecular weight is 181 g/mol. The Bertz CT molecular complexity index is 343. The van der Waals surface area contributed by atoms with Gasteiger partial charge in [-0.15, -0.1) is 11.6 Å². The number of Topliss-reactive ketones (excluding diaryl/α,β-unsaturated/α-hetero) is 1. The molecule has 0 aliphatic rings. The number of hydrogen-bond donors (Lipinski definition) is 0. The maximum Gasteiger partial charge on any atom is 0.177 e. The van der Waals surface area contributed by atoms with Gasteiger partial charge in [-0.05, 0) is 12.1 Å². The van der Waals surface area contributed by atoms with E-state index in [1.807, 2.05) is 6.07 Å². The minimum absolute atomic E-state index is 0.0745. The number of pyridine rings is 1. The molecule has 1 heterocycles. The highest BCUT2D eigenvalue weighted by Crippen LogP contribution is 2.02. The van der Waals surface area contributed by atoms with Crippen LogP contribution in [0.3, 0.4) is 0 Å². The van der Waals surface area contributed by atoms with Crippen LogP contribution in [0.2, 0.25) is 0 Å². The summed E-state index contributed by atoms with van der Waals surface area (Å²) in [5.74, 6) is -0.273. The number of rotatable bonds is 2. The number of halogens is 1. The van der Waals surface area contributed by atoms with Crippen LogP contribution in [-0.4, -0.2) is 16.6 Å². The standard InChI is InChI=1S/C8H5ClN2O/c9-4-8(12)6-1-2-11-7(3-6)5-10/h1-3H,4H2. The van der Waals surface area contributed by atoms with Gasteiger partial charge in [0.15, 0.2) is 5.78 Å². The van der Waals surface area contributed by atoms with E-state index in [0.29, 0.717) is 5.56 Å².